The first-order valence-corrected chi connectivity index (χ1v) is 6.19. The molecule has 1 aliphatic rings. The predicted molar refractivity (Wildman–Crippen MR) is 67.1 cm³/mol. The molecule has 1 aliphatic heterocycles. The summed E-state index contributed by atoms with van der Waals surface area (Å²) in [5, 5.41) is 0. The Morgan fingerprint density at radius 2 is 2.25 bits per heavy atom. The van der Waals surface area contributed by atoms with E-state index in [2.05, 4.69) is 32.0 Å². The highest BCUT2D eigenvalue weighted by Gasteiger charge is 2.23. The summed E-state index contributed by atoms with van der Waals surface area (Å²) < 4.78 is 5.85. The molecule has 1 atom stereocenters. The van der Waals surface area contributed by atoms with E-state index in [1.54, 1.807) is 0 Å². The van der Waals surface area contributed by atoms with Crippen molar-refractivity contribution in [3.63, 3.8) is 0 Å². The highest BCUT2D eigenvalue weighted by molar-refractivity contribution is 5.46. The van der Waals surface area contributed by atoms with Crippen LogP contribution in [0.2, 0.25) is 0 Å². The van der Waals surface area contributed by atoms with Gasteiger partial charge in [-0.2, -0.15) is 0 Å². The zero-order chi connectivity index (χ0) is 11.5. The zero-order valence-electron chi connectivity index (χ0n) is 10.2. The molecule has 2 N–H and O–H groups in total. The molecule has 0 bridgehead atoms. The molecule has 0 spiro atoms. The summed E-state index contributed by atoms with van der Waals surface area (Å²) in [6.07, 6.45) is 2.17. The molecule has 0 saturated heterocycles. The lowest BCUT2D eigenvalue weighted by molar-refractivity contribution is 0.260. The molecule has 2 heteroatoms. The van der Waals surface area contributed by atoms with Crippen LogP contribution in [-0.4, -0.2) is 13.2 Å². The molecule has 2 nitrogen and oxygen atoms in total. The second-order valence-corrected chi connectivity index (χ2v) is 4.83. The van der Waals surface area contributed by atoms with Crippen molar-refractivity contribution in [3.8, 4) is 5.75 Å². The van der Waals surface area contributed by atoms with Crippen molar-refractivity contribution in [2.45, 2.75) is 38.5 Å². The maximum atomic E-state index is 5.85. The van der Waals surface area contributed by atoms with Gasteiger partial charge in [0.2, 0.25) is 0 Å². The van der Waals surface area contributed by atoms with E-state index in [4.69, 9.17) is 10.5 Å². The molecular weight excluding hydrogens is 198 g/mol. The second kappa shape index (κ2) is 4.88. The largest absolute Gasteiger partial charge is 0.493 e. The first-order valence-electron chi connectivity index (χ1n) is 6.19. The molecule has 0 fully saturated rings. The van der Waals surface area contributed by atoms with Crippen molar-refractivity contribution in [2.75, 3.05) is 13.2 Å². The Morgan fingerprint density at radius 1 is 1.44 bits per heavy atom. The summed E-state index contributed by atoms with van der Waals surface area (Å²) in [6.45, 7) is 6.02. The fourth-order valence-electron chi connectivity index (χ4n) is 2.48. The van der Waals surface area contributed by atoms with Crippen LogP contribution in [0.3, 0.4) is 0 Å². The number of nitrogens with two attached hydrogens (primary N) is 1. The fraction of sp³-hybridized carbons (Fsp3) is 0.571. The van der Waals surface area contributed by atoms with Gasteiger partial charge < -0.3 is 10.5 Å². The van der Waals surface area contributed by atoms with Crippen LogP contribution in [0, 0.1) is 0 Å². The Kier molecular flexibility index (Phi) is 3.49. The summed E-state index contributed by atoms with van der Waals surface area (Å²) >= 11 is 0. The molecular formula is C14H21NO. The van der Waals surface area contributed by atoms with Crippen molar-refractivity contribution in [2.24, 2.45) is 5.73 Å². The molecule has 0 aromatic heterocycles. The van der Waals surface area contributed by atoms with Gasteiger partial charge in [0.25, 0.3) is 0 Å². The van der Waals surface area contributed by atoms with E-state index in [-0.39, 0.29) is 0 Å². The minimum Gasteiger partial charge on any atom is -0.493 e. The summed E-state index contributed by atoms with van der Waals surface area (Å²) in [4.78, 5) is 0. The molecule has 1 unspecified atom stereocenters. The molecule has 16 heavy (non-hydrogen) atoms. The Bertz CT molecular complexity index is 360. The number of benzene rings is 1. The van der Waals surface area contributed by atoms with Gasteiger partial charge in [-0.05, 0) is 42.3 Å². The standard InChI is InChI=1S/C14H21NO/c1-10(2)12-4-3-5-13-11(6-8-15)7-9-16-14(12)13/h3-5,10-11H,6-9,15H2,1-2H3. The third-order valence-corrected chi connectivity index (χ3v) is 3.37. The predicted octanol–water partition coefficient (Wildman–Crippen LogP) is 3.02. The van der Waals surface area contributed by atoms with Crippen molar-refractivity contribution in [1.82, 2.24) is 0 Å². The highest BCUT2D eigenvalue weighted by Crippen LogP contribution is 2.40. The van der Waals surface area contributed by atoms with Crippen molar-refractivity contribution < 1.29 is 4.74 Å². The normalized spacial score (nSPS) is 19.4. The zero-order valence-corrected chi connectivity index (χ0v) is 10.2. The van der Waals surface area contributed by atoms with Crippen molar-refractivity contribution in [1.29, 1.82) is 0 Å². The molecule has 88 valence electrons. The summed E-state index contributed by atoms with van der Waals surface area (Å²) in [7, 11) is 0. The van der Waals surface area contributed by atoms with Gasteiger partial charge in [-0.25, -0.2) is 0 Å². The van der Waals surface area contributed by atoms with E-state index in [0.29, 0.717) is 11.8 Å². The maximum Gasteiger partial charge on any atom is 0.126 e. The van der Waals surface area contributed by atoms with Crippen LogP contribution in [0.15, 0.2) is 18.2 Å². The molecule has 1 aromatic rings. The van der Waals surface area contributed by atoms with Gasteiger partial charge in [-0.1, -0.05) is 32.0 Å². The van der Waals surface area contributed by atoms with E-state index < -0.39 is 0 Å². The van der Waals surface area contributed by atoms with Crippen LogP contribution in [0.25, 0.3) is 0 Å². The smallest absolute Gasteiger partial charge is 0.126 e. The van der Waals surface area contributed by atoms with Gasteiger partial charge in [0.1, 0.15) is 5.75 Å². The first-order chi connectivity index (χ1) is 7.74. The van der Waals surface area contributed by atoms with Crippen LogP contribution in [0.1, 0.15) is 49.7 Å². The number of para-hydroxylation sites is 1. The topological polar surface area (TPSA) is 35.2 Å². The van der Waals surface area contributed by atoms with Gasteiger partial charge in [0.05, 0.1) is 6.61 Å². The molecule has 0 radical (unpaired) electrons. The monoisotopic (exact) mass is 219 g/mol. The minimum absolute atomic E-state index is 0.520. The van der Waals surface area contributed by atoms with E-state index in [1.807, 2.05) is 0 Å². The average molecular weight is 219 g/mol. The highest BCUT2D eigenvalue weighted by atomic mass is 16.5. The van der Waals surface area contributed by atoms with Crippen LogP contribution >= 0.6 is 0 Å². The van der Waals surface area contributed by atoms with E-state index in [0.717, 1.165) is 31.7 Å². The van der Waals surface area contributed by atoms with E-state index in [1.165, 1.54) is 11.1 Å². The SMILES string of the molecule is CC(C)c1cccc2c1OCCC2CCN. The van der Waals surface area contributed by atoms with Crippen LogP contribution in [-0.2, 0) is 0 Å². The Hall–Kier alpha value is -1.02. The lowest BCUT2D eigenvalue weighted by atomic mass is 9.87. The lowest BCUT2D eigenvalue weighted by Crippen LogP contribution is -2.18. The van der Waals surface area contributed by atoms with E-state index in [9.17, 15) is 0 Å². The van der Waals surface area contributed by atoms with Crippen LogP contribution in [0.5, 0.6) is 5.75 Å². The summed E-state index contributed by atoms with van der Waals surface area (Å²) in [5.41, 5.74) is 8.37. The Morgan fingerprint density at radius 3 is 2.94 bits per heavy atom. The Labute approximate surface area is 97.8 Å². The lowest BCUT2D eigenvalue weighted by Gasteiger charge is -2.28. The molecule has 1 heterocycles. The number of ether oxygens (including phenoxy) is 1. The quantitative estimate of drug-likeness (QED) is 0.848. The maximum absolute atomic E-state index is 5.85. The molecule has 0 amide bonds. The average Bonchev–Trinajstić information content (AvgIpc) is 2.29. The van der Waals surface area contributed by atoms with Crippen molar-refractivity contribution in [3.05, 3.63) is 29.3 Å². The third-order valence-electron chi connectivity index (χ3n) is 3.37. The molecule has 1 aromatic carbocycles. The number of rotatable bonds is 3. The minimum atomic E-state index is 0.520. The third kappa shape index (κ3) is 2.07. The molecule has 2 rings (SSSR count). The van der Waals surface area contributed by atoms with Gasteiger partial charge >= 0.3 is 0 Å². The second-order valence-electron chi connectivity index (χ2n) is 4.83. The Balaban J connectivity index is 2.38. The molecule has 0 saturated carbocycles. The summed E-state index contributed by atoms with van der Waals surface area (Å²) in [6, 6.07) is 6.52. The van der Waals surface area contributed by atoms with Gasteiger partial charge in [0.15, 0.2) is 0 Å². The fourth-order valence-corrected chi connectivity index (χ4v) is 2.48. The van der Waals surface area contributed by atoms with Gasteiger partial charge in [-0.3, -0.25) is 0 Å². The van der Waals surface area contributed by atoms with Crippen molar-refractivity contribution >= 4 is 0 Å². The summed E-state index contributed by atoms with van der Waals surface area (Å²) in [5.74, 6) is 2.24. The number of hydrogen-bond acceptors (Lipinski definition) is 2. The molecule has 0 aliphatic carbocycles. The van der Waals surface area contributed by atoms with Crippen LogP contribution < -0.4 is 10.5 Å². The van der Waals surface area contributed by atoms with E-state index >= 15 is 0 Å². The first kappa shape index (κ1) is 11.5. The number of fused-ring (bicyclic) bond motifs is 1. The van der Waals surface area contributed by atoms with Crippen LogP contribution in [0.4, 0.5) is 0 Å². The van der Waals surface area contributed by atoms with Gasteiger partial charge in [-0.15, -0.1) is 0 Å². The number of hydrogen-bond donors (Lipinski definition) is 1. The van der Waals surface area contributed by atoms with Gasteiger partial charge in [0, 0.05) is 0 Å².